The first-order chi connectivity index (χ1) is 12.5. The number of nitrogens with one attached hydrogen (secondary N) is 1. The Kier molecular flexibility index (Phi) is 6.62. The number of hydrogen-bond donors (Lipinski definition) is 1. The Balaban J connectivity index is 1.89. The molecule has 2 rings (SSSR count). The molecule has 0 saturated heterocycles. The van der Waals surface area contributed by atoms with Crippen LogP contribution in [0.2, 0.25) is 0 Å². The standard InChI is InChI=1S/C18H15F2N3O3/c1-12(14-3-2-4-16(9-14)26-18(19)20)22-23-17(24)11-25-15-7-5-13(10-21)6-8-15/h2-9,18H,11H2,1H3,(H,23,24)/b22-12-. The van der Waals surface area contributed by atoms with Crippen LogP contribution in [0.3, 0.4) is 0 Å². The molecule has 1 amide bonds. The summed E-state index contributed by atoms with van der Waals surface area (Å²) in [4.78, 5) is 11.8. The summed E-state index contributed by atoms with van der Waals surface area (Å²) in [5.41, 5.74) is 3.74. The van der Waals surface area contributed by atoms with Gasteiger partial charge in [-0.15, -0.1) is 0 Å². The molecule has 0 fully saturated rings. The maximum absolute atomic E-state index is 12.2. The van der Waals surface area contributed by atoms with Gasteiger partial charge in [0.05, 0.1) is 17.3 Å². The SMILES string of the molecule is C/C(=N/NC(=O)COc1ccc(C#N)cc1)c1cccc(OC(F)F)c1. The van der Waals surface area contributed by atoms with Crippen LogP contribution < -0.4 is 14.9 Å². The number of hydrazone groups is 1. The lowest BCUT2D eigenvalue weighted by molar-refractivity contribution is -0.123. The predicted octanol–water partition coefficient (Wildman–Crippen LogP) is 3.08. The number of hydrogen-bond acceptors (Lipinski definition) is 5. The molecule has 134 valence electrons. The highest BCUT2D eigenvalue weighted by atomic mass is 19.3. The minimum Gasteiger partial charge on any atom is -0.484 e. The summed E-state index contributed by atoms with van der Waals surface area (Å²) in [5, 5.41) is 12.6. The van der Waals surface area contributed by atoms with Crippen LogP contribution in [0.1, 0.15) is 18.1 Å². The molecule has 2 aromatic rings. The van der Waals surface area contributed by atoms with Crippen molar-refractivity contribution in [3.05, 3.63) is 59.7 Å². The van der Waals surface area contributed by atoms with Crippen LogP contribution in [0, 0.1) is 11.3 Å². The van der Waals surface area contributed by atoms with Crippen LogP contribution >= 0.6 is 0 Å². The van der Waals surface area contributed by atoms with E-state index in [4.69, 9.17) is 10.00 Å². The molecule has 0 spiro atoms. The van der Waals surface area contributed by atoms with E-state index in [9.17, 15) is 13.6 Å². The van der Waals surface area contributed by atoms with E-state index < -0.39 is 12.5 Å². The van der Waals surface area contributed by atoms with E-state index in [0.717, 1.165) is 0 Å². The maximum Gasteiger partial charge on any atom is 0.387 e. The third-order valence-corrected chi connectivity index (χ3v) is 3.18. The number of halogens is 2. The molecule has 8 heteroatoms. The molecule has 1 N–H and O–H groups in total. The minimum absolute atomic E-state index is 0.00234. The van der Waals surface area contributed by atoms with Crippen LogP contribution in [0.15, 0.2) is 53.6 Å². The van der Waals surface area contributed by atoms with Crippen LogP contribution in [0.4, 0.5) is 8.78 Å². The van der Waals surface area contributed by atoms with Crippen molar-refractivity contribution in [2.75, 3.05) is 6.61 Å². The highest BCUT2D eigenvalue weighted by Crippen LogP contribution is 2.16. The maximum atomic E-state index is 12.2. The first-order valence-corrected chi connectivity index (χ1v) is 7.49. The first-order valence-electron chi connectivity index (χ1n) is 7.49. The minimum atomic E-state index is -2.92. The average Bonchev–Trinajstić information content (AvgIpc) is 2.64. The van der Waals surface area contributed by atoms with E-state index in [0.29, 0.717) is 22.6 Å². The summed E-state index contributed by atoms with van der Waals surface area (Å²) in [7, 11) is 0. The number of amides is 1. The molecule has 0 aliphatic rings. The molecular weight excluding hydrogens is 344 g/mol. The third-order valence-electron chi connectivity index (χ3n) is 3.18. The predicted molar refractivity (Wildman–Crippen MR) is 90.1 cm³/mol. The van der Waals surface area contributed by atoms with Gasteiger partial charge < -0.3 is 9.47 Å². The molecule has 2 aromatic carbocycles. The normalized spacial score (nSPS) is 11.0. The van der Waals surface area contributed by atoms with Crippen molar-refractivity contribution in [3.63, 3.8) is 0 Å². The molecule has 0 bridgehead atoms. The second kappa shape index (κ2) is 9.13. The quantitative estimate of drug-likeness (QED) is 0.608. The second-order valence-electron chi connectivity index (χ2n) is 5.06. The Morgan fingerprint density at radius 2 is 1.96 bits per heavy atom. The van der Waals surface area contributed by atoms with Gasteiger partial charge in [-0.25, -0.2) is 5.43 Å². The highest BCUT2D eigenvalue weighted by Gasteiger charge is 2.07. The summed E-state index contributed by atoms with van der Waals surface area (Å²) in [6, 6.07) is 14.3. The summed E-state index contributed by atoms with van der Waals surface area (Å²) in [5.74, 6) is -0.0482. The number of ether oxygens (including phenoxy) is 2. The first kappa shape index (κ1) is 18.9. The Morgan fingerprint density at radius 3 is 2.62 bits per heavy atom. The molecule has 6 nitrogen and oxygen atoms in total. The van der Waals surface area contributed by atoms with Gasteiger partial charge in [0.1, 0.15) is 11.5 Å². The lowest BCUT2D eigenvalue weighted by Crippen LogP contribution is -2.25. The monoisotopic (exact) mass is 359 g/mol. The Bertz CT molecular complexity index is 830. The zero-order valence-corrected chi connectivity index (χ0v) is 13.8. The lowest BCUT2D eigenvalue weighted by atomic mass is 10.1. The smallest absolute Gasteiger partial charge is 0.387 e. The fourth-order valence-electron chi connectivity index (χ4n) is 1.91. The van der Waals surface area contributed by atoms with Gasteiger partial charge in [0.2, 0.25) is 0 Å². The summed E-state index contributed by atoms with van der Waals surface area (Å²) in [6.45, 7) is -1.57. The molecule has 0 aromatic heterocycles. The van der Waals surface area contributed by atoms with Gasteiger partial charge in [-0.1, -0.05) is 12.1 Å². The number of nitriles is 1. The van der Waals surface area contributed by atoms with Crippen LogP contribution in [0.25, 0.3) is 0 Å². The molecule has 0 atom stereocenters. The second-order valence-corrected chi connectivity index (χ2v) is 5.06. The van der Waals surface area contributed by atoms with E-state index in [-0.39, 0.29) is 12.4 Å². The topological polar surface area (TPSA) is 83.7 Å². The zero-order chi connectivity index (χ0) is 18.9. The Labute approximate surface area is 148 Å². The lowest BCUT2D eigenvalue weighted by Gasteiger charge is -2.07. The van der Waals surface area contributed by atoms with Crippen LogP contribution in [-0.2, 0) is 4.79 Å². The van der Waals surface area contributed by atoms with Gasteiger partial charge in [-0.2, -0.15) is 19.1 Å². The van der Waals surface area contributed by atoms with Gasteiger partial charge in [0.15, 0.2) is 6.61 Å². The van der Waals surface area contributed by atoms with E-state index >= 15 is 0 Å². The van der Waals surface area contributed by atoms with Crippen LogP contribution in [-0.4, -0.2) is 24.8 Å². The number of alkyl halides is 2. The van der Waals surface area contributed by atoms with E-state index in [1.165, 1.54) is 12.1 Å². The number of nitrogens with zero attached hydrogens (tertiary/aromatic N) is 2. The average molecular weight is 359 g/mol. The van der Waals surface area contributed by atoms with E-state index in [2.05, 4.69) is 15.3 Å². The van der Waals surface area contributed by atoms with Crippen molar-refractivity contribution >= 4 is 11.6 Å². The summed E-state index contributed by atoms with van der Waals surface area (Å²) < 4.78 is 34.1. The van der Waals surface area contributed by atoms with Crippen LogP contribution in [0.5, 0.6) is 11.5 Å². The molecule has 0 saturated carbocycles. The molecule has 0 radical (unpaired) electrons. The molecule has 0 aliphatic heterocycles. The van der Waals surface area contributed by atoms with Crippen molar-refractivity contribution in [2.24, 2.45) is 5.10 Å². The Morgan fingerprint density at radius 1 is 1.23 bits per heavy atom. The highest BCUT2D eigenvalue weighted by molar-refractivity contribution is 5.99. The number of benzene rings is 2. The van der Waals surface area contributed by atoms with Crippen molar-refractivity contribution < 1.29 is 23.0 Å². The van der Waals surface area contributed by atoms with E-state index in [1.807, 2.05) is 6.07 Å². The van der Waals surface area contributed by atoms with Gasteiger partial charge in [-0.05, 0) is 43.3 Å². The van der Waals surface area contributed by atoms with Gasteiger partial charge in [0.25, 0.3) is 5.91 Å². The van der Waals surface area contributed by atoms with Crippen molar-refractivity contribution in [1.82, 2.24) is 5.43 Å². The number of carbonyl (C=O) groups is 1. The number of rotatable bonds is 7. The molecule has 26 heavy (non-hydrogen) atoms. The zero-order valence-electron chi connectivity index (χ0n) is 13.8. The fraction of sp³-hybridized carbons (Fsp3) is 0.167. The van der Waals surface area contributed by atoms with Gasteiger partial charge >= 0.3 is 6.61 Å². The van der Waals surface area contributed by atoms with Gasteiger partial charge in [-0.3, -0.25) is 4.79 Å². The largest absolute Gasteiger partial charge is 0.484 e. The van der Waals surface area contributed by atoms with Crippen molar-refractivity contribution in [2.45, 2.75) is 13.5 Å². The third kappa shape index (κ3) is 5.87. The summed E-state index contributed by atoms with van der Waals surface area (Å²) in [6.07, 6.45) is 0. The van der Waals surface area contributed by atoms with Crippen molar-refractivity contribution in [1.29, 1.82) is 5.26 Å². The van der Waals surface area contributed by atoms with Gasteiger partial charge in [0, 0.05) is 5.56 Å². The molecule has 0 unspecified atom stereocenters. The van der Waals surface area contributed by atoms with E-state index in [1.54, 1.807) is 43.3 Å². The Hall–Kier alpha value is -3.47. The molecule has 0 aliphatic carbocycles. The molecular formula is C18H15F2N3O3. The fourth-order valence-corrected chi connectivity index (χ4v) is 1.91. The summed E-state index contributed by atoms with van der Waals surface area (Å²) >= 11 is 0. The van der Waals surface area contributed by atoms with Crippen molar-refractivity contribution in [3.8, 4) is 17.6 Å². The number of carbonyl (C=O) groups excluding carboxylic acids is 1. The molecule has 0 heterocycles.